The lowest BCUT2D eigenvalue weighted by Gasteiger charge is -2.12. The summed E-state index contributed by atoms with van der Waals surface area (Å²) in [6.45, 7) is 1.05. The van der Waals surface area contributed by atoms with Gasteiger partial charge in [-0.05, 0) is 26.0 Å². The van der Waals surface area contributed by atoms with Crippen molar-refractivity contribution in [2.24, 2.45) is 0 Å². The Balaban J connectivity index is 2.44. The fourth-order valence-electron chi connectivity index (χ4n) is 1.000. The van der Waals surface area contributed by atoms with Crippen molar-refractivity contribution in [1.82, 2.24) is 5.32 Å². The summed E-state index contributed by atoms with van der Waals surface area (Å²) in [4.78, 5) is 11.1. The molecule has 0 aromatic rings. The zero-order valence-corrected chi connectivity index (χ0v) is 6.72. The van der Waals surface area contributed by atoms with Gasteiger partial charge in [0.05, 0.1) is 13.2 Å². The summed E-state index contributed by atoms with van der Waals surface area (Å²) in [5.74, 6) is 0.581. The summed E-state index contributed by atoms with van der Waals surface area (Å²) in [6.07, 6.45) is 3.85. The van der Waals surface area contributed by atoms with Gasteiger partial charge in [0.15, 0.2) is 5.76 Å². The first-order valence-electron chi connectivity index (χ1n) is 3.85. The van der Waals surface area contributed by atoms with Gasteiger partial charge in [0.2, 0.25) is 5.78 Å². The molecule has 1 N–H and O–H groups in total. The zero-order valence-electron chi connectivity index (χ0n) is 6.72. The zero-order chi connectivity index (χ0) is 8.10. The minimum Gasteiger partial charge on any atom is -0.490 e. The van der Waals surface area contributed by atoms with E-state index in [0.717, 1.165) is 12.8 Å². The van der Waals surface area contributed by atoms with E-state index in [0.29, 0.717) is 18.9 Å². The molecule has 0 atom stereocenters. The normalized spacial score (nSPS) is 17.0. The molecule has 0 radical (unpaired) electrons. The molecule has 1 rings (SSSR count). The molecule has 0 unspecified atom stereocenters. The fourth-order valence-corrected chi connectivity index (χ4v) is 1.000. The van der Waals surface area contributed by atoms with E-state index in [4.69, 9.17) is 4.74 Å². The van der Waals surface area contributed by atoms with Gasteiger partial charge in [-0.2, -0.15) is 0 Å². The number of nitrogens with one attached hydrogen (secondary N) is 1. The van der Waals surface area contributed by atoms with Crippen LogP contribution in [0, 0.1) is 0 Å². The number of ketones is 1. The molecule has 62 valence electrons. The van der Waals surface area contributed by atoms with Crippen LogP contribution in [0.15, 0.2) is 11.8 Å². The van der Waals surface area contributed by atoms with Crippen LogP contribution in [-0.2, 0) is 9.53 Å². The number of carbonyl (C=O) groups excluding carboxylic acids is 1. The predicted octanol–water partition coefficient (Wildman–Crippen LogP) is 0.469. The van der Waals surface area contributed by atoms with Crippen LogP contribution in [0.25, 0.3) is 0 Å². The molecule has 0 aliphatic carbocycles. The Kier molecular flexibility index (Phi) is 3.11. The molecule has 0 aromatic heterocycles. The lowest BCUT2D eigenvalue weighted by molar-refractivity contribution is -0.118. The summed E-state index contributed by atoms with van der Waals surface area (Å²) in [5.41, 5.74) is 0. The highest BCUT2D eigenvalue weighted by Crippen LogP contribution is 2.09. The standard InChI is InChI=1S/C8H13NO2/c1-9-6-7(10)8-4-2-3-5-11-8/h4,9H,2-3,5-6H2,1H3. The second-order valence-electron chi connectivity index (χ2n) is 2.51. The van der Waals surface area contributed by atoms with Crippen molar-refractivity contribution in [3.63, 3.8) is 0 Å². The van der Waals surface area contributed by atoms with Crippen LogP contribution in [0.1, 0.15) is 12.8 Å². The maximum atomic E-state index is 11.1. The van der Waals surface area contributed by atoms with Gasteiger partial charge in [-0.25, -0.2) is 0 Å². The second kappa shape index (κ2) is 4.13. The molecule has 3 heteroatoms. The molecule has 1 heterocycles. The Bertz CT molecular complexity index is 175. The molecular formula is C8H13NO2. The van der Waals surface area contributed by atoms with Gasteiger partial charge in [0, 0.05) is 0 Å². The predicted molar refractivity (Wildman–Crippen MR) is 42.2 cm³/mol. The van der Waals surface area contributed by atoms with Crippen LogP contribution < -0.4 is 5.32 Å². The van der Waals surface area contributed by atoms with Gasteiger partial charge < -0.3 is 10.1 Å². The Morgan fingerprint density at radius 3 is 3.18 bits per heavy atom. The average molecular weight is 155 g/mol. The highest BCUT2D eigenvalue weighted by atomic mass is 16.5. The van der Waals surface area contributed by atoms with E-state index in [1.165, 1.54) is 0 Å². The number of Topliss-reactive ketones (excluding diaryl/α,β-unsaturated/α-hetero) is 1. The Morgan fingerprint density at radius 1 is 1.82 bits per heavy atom. The molecule has 0 aromatic carbocycles. The molecular weight excluding hydrogens is 142 g/mol. The number of hydrogen-bond acceptors (Lipinski definition) is 3. The van der Waals surface area contributed by atoms with E-state index in [2.05, 4.69) is 5.32 Å². The number of carbonyl (C=O) groups is 1. The van der Waals surface area contributed by atoms with Gasteiger partial charge >= 0.3 is 0 Å². The molecule has 0 fully saturated rings. The van der Waals surface area contributed by atoms with Crippen molar-refractivity contribution in [2.75, 3.05) is 20.2 Å². The third-order valence-electron chi connectivity index (χ3n) is 1.55. The topological polar surface area (TPSA) is 38.3 Å². The maximum Gasteiger partial charge on any atom is 0.210 e. The molecule has 0 bridgehead atoms. The third-order valence-corrected chi connectivity index (χ3v) is 1.55. The van der Waals surface area contributed by atoms with Crippen molar-refractivity contribution in [3.8, 4) is 0 Å². The van der Waals surface area contributed by atoms with Crippen molar-refractivity contribution in [3.05, 3.63) is 11.8 Å². The summed E-state index contributed by atoms with van der Waals surface area (Å²) in [7, 11) is 1.75. The number of rotatable bonds is 3. The lowest BCUT2D eigenvalue weighted by Crippen LogP contribution is -2.22. The van der Waals surface area contributed by atoms with E-state index >= 15 is 0 Å². The average Bonchev–Trinajstić information content (AvgIpc) is 2.07. The van der Waals surface area contributed by atoms with Crippen LogP contribution in [0.3, 0.4) is 0 Å². The van der Waals surface area contributed by atoms with Crippen molar-refractivity contribution < 1.29 is 9.53 Å². The highest BCUT2D eigenvalue weighted by Gasteiger charge is 2.11. The summed E-state index contributed by atoms with van der Waals surface area (Å²) in [6, 6.07) is 0. The third kappa shape index (κ3) is 2.35. The number of likely N-dealkylation sites (N-methyl/N-ethyl adjacent to an activating group) is 1. The first kappa shape index (κ1) is 8.27. The van der Waals surface area contributed by atoms with Gasteiger partial charge in [0.25, 0.3) is 0 Å². The number of hydrogen-bond donors (Lipinski definition) is 1. The van der Waals surface area contributed by atoms with E-state index in [9.17, 15) is 4.79 Å². The Morgan fingerprint density at radius 2 is 2.64 bits per heavy atom. The number of ether oxygens (including phenoxy) is 1. The number of allylic oxidation sites excluding steroid dienone is 1. The van der Waals surface area contributed by atoms with Crippen LogP contribution in [-0.4, -0.2) is 26.0 Å². The fraction of sp³-hybridized carbons (Fsp3) is 0.625. The molecule has 0 amide bonds. The summed E-state index contributed by atoms with van der Waals surface area (Å²) in [5, 5.41) is 2.79. The highest BCUT2D eigenvalue weighted by molar-refractivity contribution is 5.95. The summed E-state index contributed by atoms with van der Waals surface area (Å²) >= 11 is 0. The van der Waals surface area contributed by atoms with E-state index in [1.807, 2.05) is 6.08 Å². The quantitative estimate of drug-likeness (QED) is 0.643. The molecule has 1 aliphatic rings. The largest absolute Gasteiger partial charge is 0.490 e. The second-order valence-corrected chi connectivity index (χ2v) is 2.51. The Hall–Kier alpha value is -0.830. The monoisotopic (exact) mass is 155 g/mol. The molecule has 0 saturated heterocycles. The van der Waals surface area contributed by atoms with Gasteiger partial charge in [-0.1, -0.05) is 0 Å². The van der Waals surface area contributed by atoms with Crippen LogP contribution >= 0.6 is 0 Å². The molecule has 0 spiro atoms. The Labute approximate surface area is 66.4 Å². The minimum absolute atomic E-state index is 0.0483. The van der Waals surface area contributed by atoms with Crippen LogP contribution in [0.5, 0.6) is 0 Å². The van der Waals surface area contributed by atoms with E-state index in [-0.39, 0.29) is 5.78 Å². The smallest absolute Gasteiger partial charge is 0.210 e. The minimum atomic E-state index is 0.0483. The molecule has 3 nitrogen and oxygen atoms in total. The van der Waals surface area contributed by atoms with Crippen molar-refractivity contribution >= 4 is 5.78 Å². The van der Waals surface area contributed by atoms with Crippen molar-refractivity contribution in [1.29, 1.82) is 0 Å². The molecule has 0 saturated carbocycles. The first-order valence-corrected chi connectivity index (χ1v) is 3.85. The van der Waals surface area contributed by atoms with Crippen LogP contribution in [0.4, 0.5) is 0 Å². The van der Waals surface area contributed by atoms with E-state index < -0.39 is 0 Å². The van der Waals surface area contributed by atoms with Crippen molar-refractivity contribution in [2.45, 2.75) is 12.8 Å². The lowest BCUT2D eigenvalue weighted by atomic mass is 10.2. The summed E-state index contributed by atoms with van der Waals surface area (Å²) < 4.78 is 5.16. The molecule has 11 heavy (non-hydrogen) atoms. The van der Waals surface area contributed by atoms with Gasteiger partial charge in [-0.3, -0.25) is 4.79 Å². The van der Waals surface area contributed by atoms with Crippen LogP contribution in [0.2, 0.25) is 0 Å². The first-order chi connectivity index (χ1) is 5.34. The van der Waals surface area contributed by atoms with Gasteiger partial charge in [-0.15, -0.1) is 0 Å². The molecule has 1 aliphatic heterocycles. The maximum absolute atomic E-state index is 11.1. The SMILES string of the molecule is CNCC(=O)C1=CCCCO1. The van der Waals surface area contributed by atoms with Gasteiger partial charge in [0.1, 0.15) is 0 Å². The van der Waals surface area contributed by atoms with E-state index in [1.54, 1.807) is 7.05 Å².